The van der Waals surface area contributed by atoms with Crippen molar-refractivity contribution in [3.63, 3.8) is 0 Å². The summed E-state index contributed by atoms with van der Waals surface area (Å²) in [4.78, 5) is 12.5. The largest absolute Gasteiger partial charge is 0.394 e. The van der Waals surface area contributed by atoms with Crippen LogP contribution >= 0.6 is 0 Å². The number of aliphatic hydroxyl groups excluding tert-OH is 2. The maximum atomic E-state index is 12.5. The lowest BCUT2D eigenvalue weighted by molar-refractivity contribution is -0.123. The normalized spacial score (nSPS) is 13.8. The van der Waals surface area contributed by atoms with Crippen LogP contribution in [0.1, 0.15) is 245 Å². The van der Waals surface area contributed by atoms with Crippen molar-refractivity contribution in [2.24, 2.45) is 0 Å². The number of amides is 1. The second kappa shape index (κ2) is 54.4. The van der Waals surface area contributed by atoms with Gasteiger partial charge in [0.25, 0.3) is 0 Å². The molecule has 0 saturated heterocycles. The second-order valence-corrected chi connectivity index (χ2v) is 17.9. The Morgan fingerprint density at radius 3 is 1.09 bits per heavy atom. The molecule has 2 atom stereocenters. The van der Waals surface area contributed by atoms with Crippen LogP contribution in [0.25, 0.3) is 0 Å². The molecular formula is C60H103NO3. The van der Waals surface area contributed by atoms with Crippen LogP contribution < -0.4 is 5.32 Å². The molecule has 0 aliphatic heterocycles. The van der Waals surface area contributed by atoms with E-state index in [4.69, 9.17) is 0 Å². The van der Waals surface area contributed by atoms with Gasteiger partial charge in [0, 0.05) is 6.42 Å². The highest BCUT2D eigenvalue weighted by Crippen LogP contribution is 2.15. The molecule has 4 nitrogen and oxygen atoms in total. The van der Waals surface area contributed by atoms with Gasteiger partial charge in [-0.25, -0.2) is 0 Å². The second-order valence-electron chi connectivity index (χ2n) is 17.9. The lowest BCUT2D eigenvalue weighted by Gasteiger charge is -2.19. The number of carbonyl (C=O) groups excluding carboxylic acids is 1. The summed E-state index contributed by atoms with van der Waals surface area (Å²) in [5.41, 5.74) is 0. The zero-order valence-corrected chi connectivity index (χ0v) is 42.0. The Kier molecular flexibility index (Phi) is 51.9. The molecule has 0 aliphatic rings. The van der Waals surface area contributed by atoms with Crippen molar-refractivity contribution in [2.45, 2.75) is 257 Å². The predicted octanol–water partition coefficient (Wildman–Crippen LogP) is 17.9. The average Bonchev–Trinajstić information content (AvgIpc) is 3.30. The van der Waals surface area contributed by atoms with E-state index in [9.17, 15) is 15.0 Å². The first-order chi connectivity index (χ1) is 31.7. The molecule has 0 aromatic heterocycles. The third-order valence-electron chi connectivity index (χ3n) is 11.7. The Hall–Kier alpha value is -2.95. The first-order valence-corrected chi connectivity index (χ1v) is 27.1. The molecule has 1 amide bonds. The molecule has 2 unspecified atom stereocenters. The topological polar surface area (TPSA) is 69.6 Å². The number of hydrogen-bond donors (Lipinski definition) is 3. The van der Waals surface area contributed by atoms with Crippen LogP contribution in [0, 0.1) is 0 Å². The average molecular weight is 886 g/mol. The molecule has 0 aromatic carbocycles. The summed E-state index contributed by atoms with van der Waals surface area (Å²) in [5, 5.41) is 23.1. The zero-order chi connectivity index (χ0) is 46.3. The van der Waals surface area contributed by atoms with E-state index in [0.717, 1.165) is 83.5 Å². The van der Waals surface area contributed by atoms with Crippen molar-refractivity contribution in [2.75, 3.05) is 6.61 Å². The lowest BCUT2D eigenvalue weighted by Crippen LogP contribution is -2.45. The fourth-order valence-electron chi connectivity index (χ4n) is 7.63. The number of carbonyl (C=O) groups is 1. The fourth-order valence-corrected chi connectivity index (χ4v) is 7.63. The van der Waals surface area contributed by atoms with Gasteiger partial charge >= 0.3 is 0 Å². The summed E-state index contributed by atoms with van der Waals surface area (Å²) >= 11 is 0. The monoisotopic (exact) mass is 886 g/mol. The molecule has 0 bridgehead atoms. The Labute approximate surface area is 397 Å². The number of hydrogen-bond acceptors (Lipinski definition) is 3. The van der Waals surface area contributed by atoms with E-state index >= 15 is 0 Å². The summed E-state index contributed by atoms with van der Waals surface area (Å²) in [7, 11) is 0. The van der Waals surface area contributed by atoms with Crippen LogP contribution in [0.15, 0.2) is 109 Å². The van der Waals surface area contributed by atoms with Crippen molar-refractivity contribution >= 4 is 5.91 Å². The van der Waals surface area contributed by atoms with E-state index in [1.807, 2.05) is 6.08 Å². The highest BCUT2D eigenvalue weighted by Gasteiger charge is 2.17. The van der Waals surface area contributed by atoms with Crippen LogP contribution in [0.3, 0.4) is 0 Å². The van der Waals surface area contributed by atoms with Gasteiger partial charge in [-0.2, -0.15) is 0 Å². The van der Waals surface area contributed by atoms with Crippen molar-refractivity contribution in [3.05, 3.63) is 109 Å². The van der Waals surface area contributed by atoms with Crippen LogP contribution in [0.2, 0.25) is 0 Å². The van der Waals surface area contributed by atoms with Gasteiger partial charge in [-0.1, -0.05) is 252 Å². The minimum absolute atomic E-state index is 0.0863. The van der Waals surface area contributed by atoms with E-state index in [0.29, 0.717) is 6.42 Å². The van der Waals surface area contributed by atoms with E-state index in [-0.39, 0.29) is 12.5 Å². The quantitative estimate of drug-likeness (QED) is 0.0421. The summed E-state index contributed by atoms with van der Waals surface area (Å²) in [6.07, 6.45) is 82.3. The number of allylic oxidation sites excluding steroid dienone is 17. The number of nitrogens with one attached hydrogen (secondary N) is 1. The zero-order valence-electron chi connectivity index (χ0n) is 42.0. The van der Waals surface area contributed by atoms with Crippen LogP contribution in [0.5, 0.6) is 0 Å². The van der Waals surface area contributed by atoms with E-state index in [2.05, 4.69) is 116 Å². The summed E-state index contributed by atoms with van der Waals surface area (Å²) in [6.45, 7) is 4.18. The van der Waals surface area contributed by atoms with Gasteiger partial charge in [0.05, 0.1) is 18.8 Å². The molecule has 0 aromatic rings. The van der Waals surface area contributed by atoms with Gasteiger partial charge in [0.1, 0.15) is 0 Å². The first kappa shape index (κ1) is 61.1. The third kappa shape index (κ3) is 50.1. The molecule has 3 N–H and O–H groups in total. The minimum atomic E-state index is -0.880. The predicted molar refractivity (Wildman–Crippen MR) is 285 cm³/mol. The van der Waals surface area contributed by atoms with Crippen LogP contribution in [-0.2, 0) is 4.79 Å². The van der Waals surface area contributed by atoms with Gasteiger partial charge in [-0.15, -0.1) is 0 Å². The van der Waals surface area contributed by atoms with Crippen molar-refractivity contribution in [1.82, 2.24) is 5.32 Å². The van der Waals surface area contributed by atoms with Gasteiger partial charge < -0.3 is 15.5 Å². The summed E-state index contributed by atoms with van der Waals surface area (Å²) < 4.78 is 0. The molecule has 0 heterocycles. The number of rotatable bonds is 48. The Balaban J connectivity index is 3.64. The van der Waals surface area contributed by atoms with Gasteiger partial charge in [0.15, 0.2) is 0 Å². The molecule has 64 heavy (non-hydrogen) atoms. The number of unbranched alkanes of at least 4 members (excludes halogenated alkanes) is 25. The van der Waals surface area contributed by atoms with E-state index < -0.39 is 12.1 Å². The van der Waals surface area contributed by atoms with Gasteiger partial charge in [-0.3, -0.25) is 4.79 Å². The van der Waals surface area contributed by atoms with E-state index in [1.165, 1.54) is 141 Å². The first-order valence-electron chi connectivity index (χ1n) is 27.1. The fraction of sp³-hybridized carbons (Fsp3) is 0.683. The molecule has 0 fully saturated rings. The molecule has 0 saturated carbocycles. The van der Waals surface area contributed by atoms with E-state index in [1.54, 1.807) is 6.08 Å². The minimum Gasteiger partial charge on any atom is -0.394 e. The van der Waals surface area contributed by atoms with Crippen molar-refractivity contribution in [1.29, 1.82) is 0 Å². The summed E-state index contributed by atoms with van der Waals surface area (Å²) in [6, 6.07) is -0.656. The Morgan fingerprint density at radius 1 is 0.391 bits per heavy atom. The Morgan fingerprint density at radius 2 is 0.703 bits per heavy atom. The number of aliphatic hydroxyl groups is 2. The Bertz CT molecular complexity index is 1230. The molecule has 4 heteroatoms. The summed E-state index contributed by atoms with van der Waals surface area (Å²) in [5.74, 6) is -0.0863. The van der Waals surface area contributed by atoms with Crippen LogP contribution in [-0.4, -0.2) is 34.9 Å². The highest BCUT2D eigenvalue weighted by molar-refractivity contribution is 5.76. The van der Waals surface area contributed by atoms with Gasteiger partial charge in [0.2, 0.25) is 5.91 Å². The molecule has 0 rings (SSSR count). The molecule has 0 radical (unpaired) electrons. The van der Waals surface area contributed by atoms with Gasteiger partial charge in [-0.05, 0) is 96.3 Å². The van der Waals surface area contributed by atoms with Crippen molar-refractivity contribution < 1.29 is 15.0 Å². The third-order valence-corrected chi connectivity index (χ3v) is 11.7. The lowest BCUT2D eigenvalue weighted by atomic mass is 10.0. The molecular weight excluding hydrogens is 783 g/mol. The molecule has 366 valence electrons. The van der Waals surface area contributed by atoms with Crippen molar-refractivity contribution in [3.8, 4) is 0 Å². The standard InChI is InChI=1S/C60H103NO3/c1-3-5-7-9-11-13-15-17-19-21-23-25-27-28-29-30-31-32-34-36-38-40-42-44-46-48-50-52-54-56-60(64)61-58(57-62)59(63)55-53-51-49-47-45-43-41-39-37-35-33-26-24-22-20-18-16-14-12-10-8-6-4-2/h5,7,11,13,17,19,23,25,28-29,31-32,37,39,45,47,53,55,58-59,62-63H,3-4,6,8-10,12,14-16,18,20-22,24,26-27,30,33-36,38,40-44,46,48-52,54,56-57H2,1-2H3,(H,61,64)/b7-5-,13-11-,19-17-,25-23-,29-28-,32-31-,39-37+,47-45+,55-53+. The SMILES string of the molecule is CC/C=C\C/C=C\C/C=C\C/C=C\C/C=C\C/C=C\CCCCCCCCCCCCC(=O)NC(CO)C(O)/C=C/CC/C=C/CC/C=C/CCCCCCCCCCCCCCC. The maximum Gasteiger partial charge on any atom is 0.220 e. The smallest absolute Gasteiger partial charge is 0.220 e. The molecule has 0 aliphatic carbocycles. The highest BCUT2D eigenvalue weighted by atomic mass is 16.3. The molecule has 0 spiro atoms. The maximum absolute atomic E-state index is 12.5. The van der Waals surface area contributed by atoms with Crippen LogP contribution in [0.4, 0.5) is 0 Å².